The van der Waals surface area contributed by atoms with E-state index in [9.17, 15) is 4.79 Å². The highest BCUT2D eigenvalue weighted by Crippen LogP contribution is 2.17. The highest BCUT2D eigenvalue weighted by Gasteiger charge is 2.07. The topological polar surface area (TPSA) is 62.2 Å². The van der Waals surface area contributed by atoms with Gasteiger partial charge < -0.3 is 10.4 Å². The Morgan fingerprint density at radius 2 is 2.24 bits per heavy atom. The highest BCUT2D eigenvalue weighted by atomic mass is 16.2. The summed E-state index contributed by atoms with van der Waals surface area (Å²) in [5, 5.41) is 11.6. The van der Waals surface area contributed by atoms with Gasteiger partial charge in [-0.25, -0.2) is 0 Å². The van der Waals surface area contributed by atoms with E-state index < -0.39 is 0 Å². The summed E-state index contributed by atoms with van der Waals surface area (Å²) in [4.78, 5) is 16.1. The summed E-state index contributed by atoms with van der Waals surface area (Å²) >= 11 is 0. The third-order valence-corrected chi connectivity index (χ3v) is 2.84. The number of rotatable bonds is 3. The minimum atomic E-state index is -0.211. The van der Waals surface area contributed by atoms with Crippen LogP contribution < -0.4 is 5.32 Å². The average molecular weight is 280 g/mol. The van der Waals surface area contributed by atoms with E-state index in [0.29, 0.717) is 11.3 Å². The Morgan fingerprint density at radius 1 is 1.38 bits per heavy atom. The number of anilines is 1. The number of amides is 1. The number of carbonyl (C=O) groups is 1. The summed E-state index contributed by atoms with van der Waals surface area (Å²) in [6, 6.07) is 9.26. The third kappa shape index (κ3) is 4.44. The number of nitrogens with zero attached hydrogens (tertiary/aromatic N) is 1. The second-order valence-corrected chi connectivity index (χ2v) is 4.60. The number of pyridine rings is 1. The molecule has 21 heavy (non-hydrogen) atoms. The van der Waals surface area contributed by atoms with Crippen LogP contribution in [0.1, 0.15) is 16.7 Å². The zero-order valence-corrected chi connectivity index (χ0v) is 11.8. The standard InChI is InChI=1S/C17H16N2O2/c1-13-6-7-15(5-3-9-20)16(10-13)19-17(21)11-14-4-2-8-18-12-14/h2,4,6-8,10,12,20H,9,11H2,1H3,(H,19,21). The molecule has 0 atom stereocenters. The molecule has 0 spiro atoms. The van der Waals surface area contributed by atoms with E-state index in [1.54, 1.807) is 18.5 Å². The van der Waals surface area contributed by atoms with Crippen LogP contribution in [0.3, 0.4) is 0 Å². The number of hydrogen-bond donors (Lipinski definition) is 2. The predicted molar refractivity (Wildman–Crippen MR) is 81.7 cm³/mol. The average Bonchev–Trinajstić information content (AvgIpc) is 2.47. The number of hydrogen-bond acceptors (Lipinski definition) is 3. The molecule has 1 aromatic heterocycles. The van der Waals surface area contributed by atoms with Gasteiger partial charge in [-0.15, -0.1) is 0 Å². The molecule has 4 heteroatoms. The van der Waals surface area contributed by atoms with Gasteiger partial charge in [0.25, 0.3) is 0 Å². The van der Waals surface area contributed by atoms with Crippen LogP contribution in [0.25, 0.3) is 0 Å². The summed E-state index contributed by atoms with van der Waals surface area (Å²) in [5.41, 5.74) is 3.23. The first-order valence-corrected chi connectivity index (χ1v) is 6.58. The summed E-state index contributed by atoms with van der Waals surface area (Å²) in [7, 11) is 0. The molecule has 0 fully saturated rings. The Hall–Kier alpha value is -2.64. The fourth-order valence-electron chi connectivity index (χ4n) is 1.89. The fourth-order valence-corrected chi connectivity index (χ4v) is 1.89. The van der Waals surface area contributed by atoms with Gasteiger partial charge in [0, 0.05) is 18.0 Å². The molecule has 2 rings (SSSR count). The van der Waals surface area contributed by atoms with Gasteiger partial charge >= 0.3 is 0 Å². The van der Waals surface area contributed by atoms with Crippen LogP contribution in [0.5, 0.6) is 0 Å². The molecular formula is C17H16N2O2. The Labute approximate surface area is 123 Å². The van der Waals surface area contributed by atoms with Crippen molar-refractivity contribution in [3.8, 4) is 11.8 Å². The molecule has 0 saturated heterocycles. The molecule has 1 aromatic carbocycles. The van der Waals surface area contributed by atoms with Gasteiger partial charge in [-0.05, 0) is 36.2 Å². The Morgan fingerprint density at radius 3 is 2.95 bits per heavy atom. The fraction of sp³-hybridized carbons (Fsp3) is 0.176. The van der Waals surface area contributed by atoms with Gasteiger partial charge in [0.05, 0.1) is 12.1 Å². The summed E-state index contributed by atoms with van der Waals surface area (Å²) in [6.45, 7) is 1.73. The van der Waals surface area contributed by atoms with Crippen molar-refractivity contribution in [3.63, 3.8) is 0 Å². The number of benzene rings is 1. The van der Waals surface area contributed by atoms with Crippen LogP contribution in [0, 0.1) is 18.8 Å². The van der Waals surface area contributed by atoms with Crippen molar-refractivity contribution in [1.82, 2.24) is 4.98 Å². The first-order valence-electron chi connectivity index (χ1n) is 6.58. The molecule has 4 nitrogen and oxygen atoms in total. The summed E-state index contributed by atoms with van der Waals surface area (Å²) in [5.74, 6) is 5.30. The van der Waals surface area contributed by atoms with E-state index in [0.717, 1.165) is 11.1 Å². The van der Waals surface area contributed by atoms with Gasteiger partial charge in [0.15, 0.2) is 0 Å². The third-order valence-electron chi connectivity index (χ3n) is 2.84. The largest absolute Gasteiger partial charge is 0.384 e. The Kier molecular flexibility index (Phi) is 5.08. The minimum Gasteiger partial charge on any atom is -0.384 e. The zero-order chi connectivity index (χ0) is 15.1. The van der Waals surface area contributed by atoms with Crippen molar-refractivity contribution >= 4 is 11.6 Å². The Bertz CT molecular complexity index is 685. The summed E-state index contributed by atoms with van der Waals surface area (Å²) in [6.07, 6.45) is 3.60. The molecular weight excluding hydrogens is 264 g/mol. The highest BCUT2D eigenvalue weighted by molar-refractivity contribution is 5.93. The van der Waals surface area contributed by atoms with Crippen LogP contribution >= 0.6 is 0 Å². The molecule has 0 saturated carbocycles. The molecule has 0 aliphatic heterocycles. The van der Waals surface area contributed by atoms with Gasteiger partial charge in [-0.3, -0.25) is 9.78 Å². The predicted octanol–water partition coefficient (Wildman–Crippen LogP) is 1.92. The second kappa shape index (κ2) is 7.22. The summed E-state index contributed by atoms with van der Waals surface area (Å²) < 4.78 is 0. The molecule has 0 unspecified atom stereocenters. The first kappa shape index (κ1) is 14.8. The SMILES string of the molecule is Cc1ccc(C#CCO)c(NC(=O)Cc2cccnc2)c1. The lowest BCUT2D eigenvalue weighted by Gasteiger charge is -2.08. The first-order chi connectivity index (χ1) is 10.2. The van der Waals surface area contributed by atoms with E-state index >= 15 is 0 Å². The van der Waals surface area contributed by atoms with Crippen molar-refractivity contribution in [2.45, 2.75) is 13.3 Å². The lowest BCUT2D eigenvalue weighted by molar-refractivity contribution is -0.115. The van der Waals surface area contributed by atoms with E-state index in [2.05, 4.69) is 22.1 Å². The van der Waals surface area contributed by atoms with Gasteiger partial charge in [0.1, 0.15) is 6.61 Å². The van der Waals surface area contributed by atoms with Crippen LogP contribution in [-0.4, -0.2) is 22.6 Å². The van der Waals surface area contributed by atoms with E-state index in [1.165, 1.54) is 0 Å². The number of aromatic nitrogens is 1. The van der Waals surface area contributed by atoms with Crippen molar-refractivity contribution in [2.75, 3.05) is 11.9 Å². The van der Waals surface area contributed by atoms with Crippen LogP contribution in [0.15, 0.2) is 42.7 Å². The Balaban J connectivity index is 2.14. The number of nitrogens with one attached hydrogen (secondary N) is 1. The van der Waals surface area contributed by atoms with Crippen LogP contribution in [0.2, 0.25) is 0 Å². The van der Waals surface area contributed by atoms with E-state index in [-0.39, 0.29) is 18.9 Å². The van der Waals surface area contributed by atoms with Crippen LogP contribution in [0.4, 0.5) is 5.69 Å². The molecule has 106 valence electrons. The normalized spacial score (nSPS) is 9.62. The maximum Gasteiger partial charge on any atom is 0.228 e. The maximum atomic E-state index is 12.1. The van der Waals surface area contributed by atoms with Gasteiger partial charge in [0.2, 0.25) is 5.91 Å². The number of aliphatic hydroxyl groups excluding tert-OH is 1. The van der Waals surface area contributed by atoms with E-state index in [4.69, 9.17) is 5.11 Å². The number of carbonyl (C=O) groups excluding carboxylic acids is 1. The smallest absolute Gasteiger partial charge is 0.228 e. The molecule has 0 aliphatic rings. The monoisotopic (exact) mass is 280 g/mol. The van der Waals surface area contributed by atoms with Crippen molar-refractivity contribution < 1.29 is 9.90 Å². The molecule has 0 aliphatic carbocycles. The quantitative estimate of drug-likeness (QED) is 0.844. The molecule has 1 heterocycles. The van der Waals surface area contributed by atoms with Crippen molar-refractivity contribution in [2.24, 2.45) is 0 Å². The molecule has 1 amide bonds. The van der Waals surface area contributed by atoms with Gasteiger partial charge in [-0.1, -0.05) is 24.0 Å². The van der Waals surface area contributed by atoms with Crippen LogP contribution in [-0.2, 0) is 11.2 Å². The van der Waals surface area contributed by atoms with E-state index in [1.807, 2.05) is 31.2 Å². The zero-order valence-electron chi connectivity index (χ0n) is 11.8. The molecule has 2 aromatic rings. The minimum absolute atomic E-state index is 0.124. The molecule has 0 radical (unpaired) electrons. The van der Waals surface area contributed by atoms with Gasteiger partial charge in [-0.2, -0.15) is 0 Å². The van der Waals surface area contributed by atoms with Crippen molar-refractivity contribution in [1.29, 1.82) is 0 Å². The number of aliphatic hydroxyl groups is 1. The number of aryl methyl sites for hydroxylation is 1. The molecule has 2 N–H and O–H groups in total. The lowest BCUT2D eigenvalue weighted by Crippen LogP contribution is -2.15. The molecule has 0 bridgehead atoms. The lowest BCUT2D eigenvalue weighted by atomic mass is 10.1. The maximum absolute atomic E-state index is 12.1. The second-order valence-electron chi connectivity index (χ2n) is 4.60. The van der Waals surface area contributed by atoms with Crippen molar-refractivity contribution in [3.05, 3.63) is 59.4 Å².